The van der Waals surface area contributed by atoms with Crippen LogP contribution in [0.25, 0.3) is 0 Å². The number of nitrogens with zero attached hydrogens (tertiary/aromatic N) is 4. The van der Waals surface area contributed by atoms with Gasteiger partial charge < -0.3 is 10.2 Å². The molecular formula is C22H32N6. The Morgan fingerprint density at radius 1 is 1.29 bits per heavy atom. The third-order valence-electron chi connectivity index (χ3n) is 7.31. The number of fused-ring (bicyclic) bond motifs is 1. The van der Waals surface area contributed by atoms with E-state index in [1.165, 1.54) is 57.1 Å². The minimum atomic E-state index is 0.505. The Morgan fingerprint density at radius 3 is 2.89 bits per heavy atom. The maximum absolute atomic E-state index is 4.81. The molecule has 2 aliphatic heterocycles. The molecule has 2 aliphatic carbocycles. The van der Waals surface area contributed by atoms with Gasteiger partial charge in [-0.3, -0.25) is 5.10 Å². The number of hydrogen-bond acceptors (Lipinski definition) is 5. The Bertz CT molecular complexity index is 818. The van der Waals surface area contributed by atoms with Crippen LogP contribution in [0.4, 0.5) is 17.6 Å². The lowest BCUT2D eigenvalue weighted by Gasteiger charge is -2.38. The van der Waals surface area contributed by atoms with E-state index in [-0.39, 0.29) is 0 Å². The second kappa shape index (κ2) is 7.05. The fourth-order valence-electron chi connectivity index (χ4n) is 5.66. The van der Waals surface area contributed by atoms with Crippen molar-refractivity contribution in [2.75, 3.05) is 16.8 Å². The summed E-state index contributed by atoms with van der Waals surface area (Å²) in [6, 6.07) is 4.70. The molecule has 6 heteroatoms. The molecule has 6 nitrogen and oxygen atoms in total. The number of rotatable bonds is 7. The molecule has 2 aromatic rings. The summed E-state index contributed by atoms with van der Waals surface area (Å²) in [4.78, 5) is 11.8. The van der Waals surface area contributed by atoms with Crippen LogP contribution in [0.15, 0.2) is 18.3 Å². The van der Waals surface area contributed by atoms with Gasteiger partial charge in [0.15, 0.2) is 5.82 Å². The van der Waals surface area contributed by atoms with Crippen molar-refractivity contribution in [3.05, 3.63) is 24.0 Å². The van der Waals surface area contributed by atoms with Crippen molar-refractivity contribution in [3.63, 3.8) is 0 Å². The van der Waals surface area contributed by atoms with E-state index in [0.29, 0.717) is 17.4 Å². The molecule has 4 heterocycles. The van der Waals surface area contributed by atoms with Crippen molar-refractivity contribution in [2.24, 2.45) is 11.3 Å². The van der Waals surface area contributed by atoms with Crippen LogP contribution >= 0.6 is 0 Å². The third-order valence-corrected chi connectivity index (χ3v) is 7.31. The van der Waals surface area contributed by atoms with Crippen LogP contribution in [-0.2, 0) is 0 Å². The number of anilines is 3. The third kappa shape index (κ3) is 3.27. The zero-order chi connectivity index (χ0) is 19.1. The van der Waals surface area contributed by atoms with Gasteiger partial charge in [-0.1, -0.05) is 33.1 Å². The maximum atomic E-state index is 4.81. The van der Waals surface area contributed by atoms with Crippen molar-refractivity contribution >= 4 is 17.6 Å². The highest BCUT2D eigenvalue weighted by molar-refractivity contribution is 5.54. The van der Waals surface area contributed by atoms with Crippen LogP contribution in [0.2, 0.25) is 0 Å². The molecule has 0 aromatic carbocycles. The Hall–Kier alpha value is -2.11. The quantitative estimate of drug-likeness (QED) is 0.707. The van der Waals surface area contributed by atoms with Gasteiger partial charge in [0.2, 0.25) is 5.95 Å². The first-order valence-corrected chi connectivity index (χ1v) is 11.1. The molecule has 1 atom stereocenters. The van der Waals surface area contributed by atoms with Crippen molar-refractivity contribution in [2.45, 2.75) is 77.2 Å². The highest BCUT2D eigenvalue weighted by Crippen LogP contribution is 2.56. The average molecular weight is 381 g/mol. The van der Waals surface area contributed by atoms with Gasteiger partial charge in [-0.2, -0.15) is 10.1 Å². The van der Waals surface area contributed by atoms with Crippen molar-refractivity contribution in [1.82, 2.24) is 20.2 Å². The van der Waals surface area contributed by atoms with Crippen molar-refractivity contribution in [3.8, 4) is 0 Å². The van der Waals surface area contributed by atoms with E-state index >= 15 is 0 Å². The highest BCUT2D eigenvalue weighted by atomic mass is 15.3. The van der Waals surface area contributed by atoms with E-state index in [9.17, 15) is 0 Å². The van der Waals surface area contributed by atoms with Crippen molar-refractivity contribution < 1.29 is 0 Å². The number of H-pyrrole nitrogens is 1. The molecule has 6 rings (SSSR count). The largest absolute Gasteiger partial charge is 0.337 e. The lowest BCUT2D eigenvalue weighted by molar-refractivity contribution is 0.152. The lowest BCUT2D eigenvalue weighted by atomic mass is 9.65. The van der Waals surface area contributed by atoms with Gasteiger partial charge in [0, 0.05) is 36.5 Å². The Labute approximate surface area is 167 Å². The predicted octanol–water partition coefficient (Wildman–Crippen LogP) is 5.01. The first-order valence-electron chi connectivity index (χ1n) is 11.1. The average Bonchev–Trinajstić information content (AvgIpc) is 3.44. The van der Waals surface area contributed by atoms with Gasteiger partial charge in [-0.25, -0.2) is 4.98 Å². The molecule has 2 saturated heterocycles. The van der Waals surface area contributed by atoms with Crippen molar-refractivity contribution in [1.29, 1.82) is 0 Å². The predicted molar refractivity (Wildman–Crippen MR) is 112 cm³/mol. The molecule has 4 aliphatic rings. The molecule has 150 valence electrons. The first kappa shape index (κ1) is 18.0. The Morgan fingerprint density at radius 2 is 2.11 bits per heavy atom. The molecule has 2 aromatic heterocycles. The second-order valence-electron chi connectivity index (χ2n) is 9.46. The summed E-state index contributed by atoms with van der Waals surface area (Å²) in [6.07, 6.45) is 12.3. The molecule has 2 N–H and O–H groups in total. The molecule has 28 heavy (non-hydrogen) atoms. The number of aromatic nitrogens is 4. The van der Waals surface area contributed by atoms with Crippen LogP contribution in [0.3, 0.4) is 0 Å². The molecular weight excluding hydrogens is 348 g/mol. The van der Waals surface area contributed by atoms with E-state index < -0.39 is 0 Å². The molecule has 2 saturated carbocycles. The van der Waals surface area contributed by atoms with Crippen LogP contribution in [0.1, 0.15) is 76.8 Å². The zero-order valence-corrected chi connectivity index (χ0v) is 17.1. The fourth-order valence-corrected chi connectivity index (χ4v) is 5.66. The first-order chi connectivity index (χ1) is 13.6. The molecule has 2 bridgehead atoms. The molecule has 1 unspecified atom stereocenters. The minimum Gasteiger partial charge on any atom is -0.337 e. The van der Waals surface area contributed by atoms with Crippen LogP contribution < -0.4 is 10.2 Å². The number of hydrogen-bond donors (Lipinski definition) is 2. The molecule has 0 spiro atoms. The highest BCUT2D eigenvalue weighted by Gasteiger charge is 2.55. The number of nitrogens with one attached hydrogen (secondary N) is 2. The second-order valence-corrected chi connectivity index (χ2v) is 9.46. The summed E-state index contributed by atoms with van der Waals surface area (Å²) in [5.41, 5.74) is 1.76. The van der Waals surface area contributed by atoms with Gasteiger partial charge >= 0.3 is 0 Å². The summed E-state index contributed by atoms with van der Waals surface area (Å²) < 4.78 is 0. The van der Waals surface area contributed by atoms with E-state index in [1.54, 1.807) is 0 Å². The summed E-state index contributed by atoms with van der Waals surface area (Å²) in [7, 11) is 0. The minimum absolute atomic E-state index is 0.505. The van der Waals surface area contributed by atoms with Crippen LogP contribution in [0.5, 0.6) is 0 Å². The monoisotopic (exact) mass is 380 g/mol. The van der Waals surface area contributed by atoms with Gasteiger partial charge in [0.1, 0.15) is 5.82 Å². The Balaban J connectivity index is 1.26. The van der Waals surface area contributed by atoms with Gasteiger partial charge in [-0.15, -0.1) is 0 Å². The maximum Gasteiger partial charge on any atom is 0.227 e. The lowest BCUT2D eigenvalue weighted by Crippen LogP contribution is -2.36. The SMILES string of the molecule is CCC(C)CC12CC(C1)N(c1nccc(Nc3cc(C4CCCC4)[nH]n3)n1)C2. The molecule has 4 fully saturated rings. The van der Waals surface area contributed by atoms with E-state index in [0.717, 1.165) is 30.0 Å². The molecule has 0 radical (unpaired) electrons. The smallest absolute Gasteiger partial charge is 0.227 e. The summed E-state index contributed by atoms with van der Waals surface area (Å²) in [5.74, 6) is 4.00. The normalized spacial score (nSPS) is 27.8. The summed E-state index contributed by atoms with van der Waals surface area (Å²) >= 11 is 0. The summed E-state index contributed by atoms with van der Waals surface area (Å²) in [6.45, 7) is 5.80. The standard InChI is InChI=1S/C22H32N6/c1-3-15(2)11-22-12-17(13-22)28(14-22)21-23-9-8-19(25-21)24-20-10-18(26-27-20)16-6-4-5-7-16/h8-10,15-17H,3-7,11-14H2,1-2H3,(H2,23,24,25,26,27). The molecule has 0 amide bonds. The summed E-state index contributed by atoms with van der Waals surface area (Å²) in [5, 5.41) is 11.0. The topological polar surface area (TPSA) is 69.7 Å². The fraction of sp³-hybridized carbons (Fsp3) is 0.682. The van der Waals surface area contributed by atoms with E-state index in [2.05, 4.69) is 45.3 Å². The van der Waals surface area contributed by atoms with Crippen LogP contribution in [0, 0.1) is 11.3 Å². The van der Waals surface area contributed by atoms with Crippen LogP contribution in [-0.4, -0.2) is 32.8 Å². The van der Waals surface area contributed by atoms with Gasteiger partial charge in [-0.05, 0) is 49.5 Å². The van der Waals surface area contributed by atoms with E-state index in [1.807, 2.05) is 12.3 Å². The number of aromatic amines is 1. The Kier molecular flexibility index (Phi) is 4.52. The van der Waals surface area contributed by atoms with Gasteiger partial charge in [0.05, 0.1) is 0 Å². The zero-order valence-electron chi connectivity index (χ0n) is 17.1. The van der Waals surface area contributed by atoms with Gasteiger partial charge in [0.25, 0.3) is 0 Å². The van der Waals surface area contributed by atoms with E-state index in [4.69, 9.17) is 4.98 Å².